The lowest BCUT2D eigenvalue weighted by atomic mass is 10.1. The number of amides is 3. The van der Waals surface area contributed by atoms with Crippen LogP contribution < -0.4 is 25.0 Å². The fourth-order valence-electron chi connectivity index (χ4n) is 3.77. The predicted octanol–water partition coefficient (Wildman–Crippen LogP) is 5.01. The van der Waals surface area contributed by atoms with Gasteiger partial charge < -0.3 is 14.8 Å². The molecule has 0 atom stereocenters. The van der Waals surface area contributed by atoms with Crippen LogP contribution in [-0.2, 0) is 14.4 Å². The van der Waals surface area contributed by atoms with Gasteiger partial charge in [0.1, 0.15) is 5.57 Å². The van der Waals surface area contributed by atoms with Gasteiger partial charge in [0.2, 0.25) is 0 Å². The number of nitrogens with zero attached hydrogens (tertiary/aromatic N) is 1. The van der Waals surface area contributed by atoms with Crippen molar-refractivity contribution in [3.63, 3.8) is 0 Å². The van der Waals surface area contributed by atoms with Gasteiger partial charge in [-0.15, -0.1) is 0 Å². The molecule has 0 bridgehead atoms. The van der Waals surface area contributed by atoms with E-state index in [1.807, 2.05) is 38.1 Å². The SMILES string of the molecule is CCOc1cc(/C=C2/C(=O)NC(=S)N(c3ccccc3)C2=O)cc(Br)c1OCC(=O)Nc1cccc(C)c1. The van der Waals surface area contributed by atoms with Crippen LogP contribution >= 0.6 is 28.1 Å². The van der Waals surface area contributed by atoms with E-state index < -0.39 is 11.8 Å². The van der Waals surface area contributed by atoms with Crippen LogP contribution in [0, 0.1) is 6.92 Å². The maximum Gasteiger partial charge on any atom is 0.270 e. The minimum atomic E-state index is -0.602. The average Bonchev–Trinajstić information content (AvgIpc) is 2.87. The van der Waals surface area contributed by atoms with Crippen molar-refractivity contribution in [2.45, 2.75) is 13.8 Å². The van der Waals surface area contributed by atoms with Gasteiger partial charge in [-0.1, -0.05) is 30.3 Å². The Hall–Kier alpha value is -4.02. The molecule has 8 nitrogen and oxygen atoms in total. The molecule has 10 heteroatoms. The number of nitrogens with one attached hydrogen (secondary N) is 2. The van der Waals surface area contributed by atoms with Gasteiger partial charge in [-0.25, -0.2) is 0 Å². The first-order chi connectivity index (χ1) is 18.3. The van der Waals surface area contributed by atoms with Gasteiger partial charge in [-0.2, -0.15) is 0 Å². The molecule has 4 rings (SSSR count). The molecule has 3 amide bonds. The van der Waals surface area contributed by atoms with Crippen LogP contribution in [0.2, 0.25) is 0 Å². The Bertz CT molecular complexity index is 1440. The minimum absolute atomic E-state index is 0.00669. The van der Waals surface area contributed by atoms with Crippen LogP contribution in [-0.4, -0.2) is 36.0 Å². The summed E-state index contributed by atoms with van der Waals surface area (Å²) in [5, 5.41) is 5.37. The second-order valence-electron chi connectivity index (χ2n) is 8.26. The van der Waals surface area contributed by atoms with Crippen molar-refractivity contribution in [2.75, 3.05) is 23.4 Å². The first kappa shape index (κ1) is 27.0. The molecule has 1 heterocycles. The third-order valence-corrected chi connectivity index (χ3v) is 6.28. The van der Waals surface area contributed by atoms with Crippen molar-refractivity contribution in [3.8, 4) is 11.5 Å². The summed E-state index contributed by atoms with van der Waals surface area (Å²) in [6.45, 7) is 3.82. The number of aryl methyl sites for hydroxylation is 1. The first-order valence-corrected chi connectivity index (χ1v) is 12.9. The summed E-state index contributed by atoms with van der Waals surface area (Å²) in [5.74, 6) is -0.824. The summed E-state index contributed by atoms with van der Waals surface area (Å²) in [6, 6.07) is 19.6. The second-order valence-corrected chi connectivity index (χ2v) is 9.50. The molecule has 2 N–H and O–H groups in total. The Balaban J connectivity index is 1.57. The largest absolute Gasteiger partial charge is 0.490 e. The number of carbonyl (C=O) groups is 3. The number of anilines is 2. The molecule has 3 aromatic carbocycles. The van der Waals surface area contributed by atoms with Crippen molar-refractivity contribution in [2.24, 2.45) is 0 Å². The van der Waals surface area contributed by atoms with E-state index in [1.54, 1.807) is 42.5 Å². The molecule has 0 aromatic heterocycles. The third-order valence-electron chi connectivity index (χ3n) is 5.41. The number of thiocarbonyl (C=S) groups is 1. The Morgan fingerprint density at radius 2 is 1.84 bits per heavy atom. The third kappa shape index (κ3) is 6.27. The topological polar surface area (TPSA) is 97.0 Å². The van der Waals surface area contributed by atoms with Crippen molar-refractivity contribution in [1.29, 1.82) is 0 Å². The van der Waals surface area contributed by atoms with Crippen molar-refractivity contribution < 1.29 is 23.9 Å². The Kier molecular flexibility index (Phi) is 8.55. The highest BCUT2D eigenvalue weighted by atomic mass is 79.9. The van der Waals surface area contributed by atoms with Gasteiger partial charge >= 0.3 is 0 Å². The molecule has 3 aromatic rings. The van der Waals surface area contributed by atoms with Crippen molar-refractivity contribution >= 4 is 68.4 Å². The molecule has 1 aliphatic rings. The van der Waals surface area contributed by atoms with Gasteiger partial charge in [0.15, 0.2) is 23.2 Å². The van der Waals surface area contributed by atoms with E-state index in [-0.39, 0.29) is 23.2 Å². The van der Waals surface area contributed by atoms with Crippen LogP contribution in [0.4, 0.5) is 11.4 Å². The molecular weight excluding hydrogens is 570 g/mol. The molecule has 0 spiro atoms. The predicted molar refractivity (Wildman–Crippen MR) is 153 cm³/mol. The summed E-state index contributed by atoms with van der Waals surface area (Å²) in [4.78, 5) is 39.7. The van der Waals surface area contributed by atoms with Gasteiger partial charge in [-0.05, 0) is 95.6 Å². The number of para-hydroxylation sites is 1. The number of hydrogen-bond acceptors (Lipinski definition) is 6. The molecule has 1 aliphatic heterocycles. The molecule has 0 aliphatic carbocycles. The number of rotatable bonds is 8. The van der Waals surface area contributed by atoms with E-state index >= 15 is 0 Å². The fourth-order valence-corrected chi connectivity index (χ4v) is 4.62. The smallest absolute Gasteiger partial charge is 0.270 e. The molecular formula is C28H24BrN3O5S. The second kappa shape index (κ2) is 12.0. The normalized spacial score (nSPS) is 14.3. The van der Waals surface area contributed by atoms with E-state index in [0.29, 0.717) is 39.5 Å². The van der Waals surface area contributed by atoms with Crippen molar-refractivity contribution in [3.05, 3.63) is 87.9 Å². The molecule has 38 heavy (non-hydrogen) atoms. The Labute approximate surface area is 233 Å². The summed E-state index contributed by atoms with van der Waals surface area (Å²) in [7, 11) is 0. The summed E-state index contributed by atoms with van der Waals surface area (Å²) < 4.78 is 12.0. The van der Waals surface area contributed by atoms with Gasteiger partial charge in [-0.3, -0.25) is 24.6 Å². The van der Waals surface area contributed by atoms with Crippen LogP contribution in [0.1, 0.15) is 18.1 Å². The first-order valence-electron chi connectivity index (χ1n) is 11.7. The number of halogens is 1. The van der Waals surface area contributed by atoms with Crippen LogP contribution in [0.3, 0.4) is 0 Å². The lowest BCUT2D eigenvalue weighted by molar-refractivity contribution is -0.122. The van der Waals surface area contributed by atoms with E-state index in [9.17, 15) is 14.4 Å². The molecule has 0 unspecified atom stereocenters. The zero-order valence-electron chi connectivity index (χ0n) is 20.6. The van der Waals surface area contributed by atoms with Crippen LogP contribution in [0.15, 0.2) is 76.8 Å². The number of benzene rings is 3. The highest BCUT2D eigenvalue weighted by Gasteiger charge is 2.34. The van der Waals surface area contributed by atoms with E-state index in [0.717, 1.165) is 5.56 Å². The zero-order chi connectivity index (χ0) is 27.2. The number of carbonyl (C=O) groups excluding carboxylic acids is 3. The number of ether oxygens (including phenoxy) is 2. The fraction of sp³-hybridized carbons (Fsp3) is 0.143. The molecule has 0 radical (unpaired) electrons. The maximum atomic E-state index is 13.3. The van der Waals surface area contributed by atoms with Crippen molar-refractivity contribution in [1.82, 2.24) is 5.32 Å². The van der Waals surface area contributed by atoms with E-state index in [4.69, 9.17) is 21.7 Å². The lowest BCUT2D eigenvalue weighted by Gasteiger charge is -2.28. The zero-order valence-corrected chi connectivity index (χ0v) is 23.0. The standard InChI is InChI=1S/C28H24BrN3O5S/c1-3-36-23-15-18(13-21-26(34)31-28(38)32(27(21)35)20-10-5-4-6-11-20)14-22(29)25(23)37-16-24(33)30-19-9-7-8-17(2)12-19/h4-15H,3,16H2,1-2H3,(H,30,33)(H,31,34,38)/b21-13-. The van der Waals surface area contributed by atoms with Crippen LogP contribution in [0.5, 0.6) is 11.5 Å². The van der Waals surface area contributed by atoms with Gasteiger partial charge in [0, 0.05) is 5.69 Å². The summed E-state index contributed by atoms with van der Waals surface area (Å²) in [6.07, 6.45) is 1.46. The summed E-state index contributed by atoms with van der Waals surface area (Å²) >= 11 is 8.71. The average molecular weight is 594 g/mol. The molecule has 194 valence electrons. The Morgan fingerprint density at radius 3 is 2.55 bits per heavy atom. The monoisotopic (exact) mass is 593 g/mol. The molecule has 0 saturated carbocycles. The lowest BCUT2D eigenvalue weighted by Crippen LogP contribution is -2.54. The molecule has 1 saturated heterocycles. The minimum Gasteiger partial charge on any atom is -0.490 e. The van der Waals surface area contributed by atoms with Crippen LogP contribution in [0.25, 0.3) is 6.08 Å². The van der Waals surface area contributed by atoms with E-state index in [2.05, 4.69) is 26.6 Å². The number of hydrogen-bond donors (Lipinski definition) is 2. The van der Waals surface area contributed by atoms with Gasteiger partial charge in [0.25, 0.3) is 17.7 Å². The molecule has 1 fully saturated rings. The quantitative estimate of drug-likeness (QED) is 0.217. The highest BCUT2D eigenvalue weighted by Crippen LogP contribution is 2.38. The highest BCUT2D eigenvalue weighted by molar-refractivity contribution is 9.10. The Morgan fingerprint density at radius 1 is 1.08 bits per heavy atom. The maximum absolute atomic E-state index is 13.3. The van der Waals surface area contributed by atoms with E-state index in [1.165, 1.54) is 11.0 Å². The van der Waals surface area contributed by atoms with Gasteiger partial charge in [0.05, 0.1) is 16.8 Å². The summed E-state index contributed by atoms with van der Waals surface area (Å²) in [5.41, 5.74) is 2.65.